The number of methoxy groups -OCH3 is 2. The van der Waals surface area contributed by atoms with Crippen LogP contribution < -0.4 is 14.8 Å². The highest BCUT2D eigenvalue weighted by Crippen LogP contribution is 2.33. The molecule has 2 aromatic rings. The van der Waals surface area contributed by atoms with Crippen molar-refractivity contribution in [2.45, 2.75) is 26.3 Å². The third-order valence-corrected chi connectivity index (χ3v) is 4.73. The Morgan fingerprint density at radius 3 is 2.19 bits per heavy atom. The van der Waals surface area contributed by atoms with Crippen molar-refractivity contribution in [3.63, 3.8) is 0 Å². The van der Waals surface area contributed by atoms with Crippen LogP contribution in [0.2, 0.25) is 0 Å². The molecule has 0 aliphatic rings. The van der Waals surface area contributed by atoms with Crippen molar-refractivity contribution in [2.24, 2.45) is 0 Å². The van der Waals surface area contributed by atoms with Crippen molar-refractivity contribution >= 4 is 11.3 Å². The molecule has 2 rings (SSSR count). The minimum Gasteiger partial charge on any atom is -0.497 e. The van der Waals surface area contributed by atoms with E-state index in [1.165, 1.54) is 9.75 Å². The van der Waals surface area contributed by atoms with Gasteiger partial charge in [0.2, 0.25) is 0 Å². The Labute approximate surface area is 130 Å². The lowest BCUT2D eigenvalue weighted by Crippen LogP contribution is -2.21. The molecule has 0 radical (unpaired) electrons. The fourth-order valence-electron chi connectivity index (χ4n) is 2.32. The number of aryl methyl sites for hydroxylation is 1. The molecule has 0 amide bonds. The minimum absolute atomic E-state index is 0.171. The van der Waals surface area contributed by atoms with Gasteiger partial charge < -0.3 is 14.8 Å². The van der Waals surface area contributed by atoms with Crippen molar-refractivity contribution in [2.75, 3.05) is 20.8 Å². The Morgan fingerprint density at radius 2 is 1.71 bits per heavy atom. The Bertz CT molecular complexity index is 558. The summed E-state index contributed by atoms with van der Waals surface area (Å²) < 4.78 is 10.8. The molecule has 0 aliphatic carbocycles. The zero-order chi connectivity index (χ0) is 15.2. The molecule has 1 heterocycles. The smallest absolute Gasteiger partial charge is 0.122 e. The average molecular weight is 305 g/mol. The van der Waals surface area contributed by atoms with Crippen molar-refractivity contribution in [3.05, 3.63) is 45.6 Å². The van der Waals surface area contributed by atoms with Crippen LogP contribution in [0.25, 0.3) is 0 Å². The van der Waals surface area contributed by atoms with Crippen molar-refractivity contribution < 1.29 is 9.47 Å². The van der Waals surface area contributed by atoms with Gasteiger partial charge in [-0.05, 0) is 42.8 Å². The molecule has 0 spiro atoms. The number of benzene rings is 1. The molecule has 4 heteroatoms. The Hall–Kier alpha value is -1.52. The van der Waals surface area contributed by atoms with E-state index in [9.17, 15) is 0 Å². The number of hydrogen-bond acceptors (Lipinski definition) is 4. The summed E-state index contributed by atoms with van der Waals surface area (Å²) in [7, 11) is 3.36. The SMILES string of the molecule is CCNC(c1cc(OC)cc(OC)c1)c1ccc(CC)s1. The maximum Gasteiger partial charge on any atom is 0.122 e. The lowest BCUT2D eigenvalue weighted by Gasteiger charge is -2.18. The molecule has 1 aromatic carbocycles. The van der Waals surface area contributed by atoms with Gasteiger partial charge in [0.1, 0.15) is 11.5 Å². The molecule has 21 heavy (non-hydrogen) atoms. The molecule has 0 aliphatic heterocycles. The fraction of sp³-hybridized carbons (Fsp3) is 0.412. The summed E-state index contributed by atoms with van der Waals surface area (Å²) in [6.07, 6.45) is 1.07. The number of rotatable bonds is 7. The molecular formula is C17H23NO2S. The maximum absolute atomic E-state index is 5.38. The molecule has 3 nitrogen and oxygen atoms in total. The monoisotopic (exact) mass is 305 g/mol. The van der Waals surface area contributed by atoms with E-state index < -0.39 is 0 Å². The van der Waals surface area contributed by atoms with Gasteiger partial charge in [-0.2, -0.15) is 0 Å². The van der Waals surface area contributed by atoms with Gasteiger partial charge in [-0.1, -0.05) is 13.8 Å². The van der Waals surface area contributed by atoms with E-state index >= 15 is 0 Å². The number of hydrogen-bond donors (Lipinski definition) is 1. The van der Waals surface area contributed by atoms with Crippen LogP contribution in [0, 0.1) is 0 Å². The van der Waals surface area contributed by atoms with Crippen molar-refractivity contribution in [1.29, 1.82) is 0 Å². The van der Waals surface area contributed by atoms with E-state index in [-0.39, 0.29) is 6.04 Å². The predicted octanol–water partition coefficient (Wildman–Crippen LogP) is 4.03. The lowest BCUT2D eigenvalue weighted by atomic mass is 10.0. The highest BCUT2D eigenvalue weighted by atomic mass is 32.1. The highest BCUT2D eigenvalue weighted by Gasteiger charge is 2.17. The Kier molecular flexibility index (Phi) is 5.65. The van der Waals surface area contributed by atoms with Crippen LogP contribution in [0.5, 0.6) is 11.5 Å². The third kappa shape index (κ3) is 3.77. The van der Waals surface area contributed by atoms with Crippen LogP contribution in [0.15, 0.2) is 30.3 Å². The molecule has 114 valence electrons. The molecule has 1 atom stereocenters. The molecule has 1 aromatic heterocycles. The third-order valence-electron chi connectivity index (χ3n) is 3.43. The first-order valence-corrected chi connectivity index (χ1v) is 8.08. The fourth-order valence-corrected chi connectivity index (χ4v) is 3.38. The second-order valence-corrected chi connectivity index (χ2v) is 5.99. The number of ether oxygens (including phenoxy) is 2. The van der Waals surface area contributed by atoms with E-state index in [0.717, 1.165) is 30.0 Å². The summed E-state index contributed by atoms with van der Waals surface area (Å²) in [5, 5.41) is 3.55. The molecule has 0 saturated carbocycles. The van der Waals surface area contributed by atoms with Crippen LogP contribution in [-0.4, -0.2) is 20.8 Å². The second-order valence-electron chi connectivity index (χ2n) is 4.79. The van der Waals surface area contributed by atoms with Crippen LogP contribution in [0.3, 0.4) is 0 Å². The Morgan fingerprint density at radius 1 is 1.05 bits per heavy atom. The van der Waals surface area contributed by atoms with Crippen LogP contribution in [0.4, 0.5) is 0 Å². The zero-order valence-electron chi connectivity index (χ0n) is 13.1. The number of nitrogens with one attached hydrogen (secondary N) is 1. The normalized spacial score (nSPS) is 12.2. The quantitative estimate of drug-likeness (QED) is 0.838. The second kappa shape index (κ2) is 7.48. The predicted molar refractivity (Wildman–Crippen MR) is 88.8 cm³/mol. The van der Waals surface area contributed by atoms with Crippen molar-refractivity contribution in [3.8, 4) is 11.5 Å². The zero-order valence-corrected chi connectivity index (χ0v) is 13.9. The average Bonchev–Trinajstić information content (AvgIpc) is 3.00. The summed E-state index contributed by atoms with van der Waals surface area (Å²) in [4.78, 5) is 2.73. The van der Waals surface area contributed by atoms with Gasteiger partial charge in [-0.3, -0.25) is 0 Å². The van der Waals surface area contributed by atoms with Gasteiger partial charge in [0.15, 0.2) is 0 Å². The lowest BCUT2D eigenvalue weighted by molar-refractivity contribution is 0.392. The van der Waals surface area contributed by atoms with Gasteiger partial charge >= 0.3 is 0 Å². The maximum atomic E-state index is 5.38. The van der Waals surface area contributed by atoms with Gasteiger partial charge in [0, 0.05) is 15.8 Å². The van der Waals surface area contributed by atoms with Gasteiger partial charge in [-0.15, -0.1) is 11.3 Å². The topological polar surface area (TPSA) is 30.5 Å². The standard InChI is InChI=1S/C17H23NO2S/c1-5-15-7-8-16(21-15)17(18-6-2)12-9-13(19-3)11-14(10-12)20-4/h7-11,17-18H,5-6H2,1-4H3. The minimum atomic E-state index is 0.171. The van der Waals surface area contributed by atoms with Crippen LogP contribution >= 0.6 is 11.3 Å². The molecule has 0 bridgehead atoms. The van der Waals surface area contributed by atoms with Gasteiger partial charge in [0.25, 0.3) is 0 Å². The van der Waals surface area contributed by atoms with E-state index in [1.807, 2.05) is 17.4 Å². The van der Waals surface area contributed by atoms with Crippen LogP contribution in [0.1, 0.15) is 35.2 Å². The summed E-state index contributed by atoms with van der Waals surface area (Å²) in [6.45, 7) is 5.22. The summed E-state index contributed by atoms with van der Waals surface area (Å²) in [5.41, 5.74) is 1.16. The largest absolute Gasteiger partial charge is 0.497 e. The summed E-state index contributed by atoms with van der Waals surface area (Å²) in [6, 6.07) is 10.6. The van der Waals surface area contributed by atoms with Crippen molar-refractivity contribution in [1.82, 2.24) is 5.32 Å². The molecular weight excluding hydrogens is 282 g/mol. The molecule has 1 unspecified atom stereocenters. The molecule has 1 N–H and O–H groups in total. The van der Waals surface area contributed by atoms with E-state index in [1.54, 1.807) is 14.2 Å². The van der Waals surface area contributed by atoms with Gasteiger partial charge in [-0.25, -0.2) is 0 Å². The first-order valence-electron chi connectivity index (χ1n) is 7.26. The van der Waals surface area contributed by atoms with E-state index in [0.29, 0.717) is 0 Å². The highest BCUT2D eigenvalue weighted by molar-refractivity contribution is 7.12. The Balaban J connectivity index is 2.41. The van der Waals surface area contributed by atoms with E-state index in [2.05, 4.69) is 43.4 Å². The molecule has 0 fully saturated rings. The summed E-state index contributed by atoms with van der Waals surface area (Å²) in [5.74, 6) is 1.64. The first kappa shape index (κ1) is 15.9. The number of thiophene rings is 1. The molecule has 0 saturated heterocycles. The summed E-state index contributed by atoms with van der Waals surface area (Å²) >= 11 is 1.86. The first-order chi connectivity index (χ1) is 10.2. The van der Waals surface area contributed by atoms with E-state index in [4.69, 9.17) is 9.47 Å². The van der Waals surface area contributed by atoms with Gasteiger partial charge in [0.05, 0.1) is 20.3 Å². The van der Waals surface area contributed by atoms with Crippen LogP contribution in [-0.2, 0) is 6.42 Å².